The first-order valence-corrected chi connectivity index (χ1v) is 16.1. The summed E-state index contributed by atoms with van der Waals surface area (Å²) in [4.78, 5) is 52.0. The lowest BCUT2D eigenvalue weighted by Gasteiger charge is -2.62. The van der Waals surface area contributed by atoms with Gasteiger partial charge in [-0.15, -0.1) is 0 Å². The monoisotopic (exact) mass is 605 g/mol. The number of hydrogen-bond acceptors (Lipinski definition) is 8. The molecule has 232 valence electrons. The highest BCUT2D eigenvalue weighted by atomic mass is 32.2. The van der Waals surface area contributed by atoms with E-state index in [1.165, 1.54) is 0 Å². The maximum absolute atomic E-state index is 14.0. The highest BCUT2D eigenvalue weighted by Gasteiger charge is 2.65. The van der Waals surface area contributed by atoms with Crippen molar-refractivity contribution in [1.82, 2.24) is 0 Å². The lowest BCUT2D eigenvalue weighted by atomic mass is 9.40. The predicted molar refractivity (Wildman–Crippen MR) is 139 cm³/mol. The average molecular weight is 606 g/mol. The summed E-state index contributed by atoms with van der Waals surface area (Å²) in [6, 6.07) is 0. The van der Waals surface area contributed by atoms with E-state index in [-0.39, 0.29) is 64.7 Å². The van der Waals surface area contributed by atoms with E-state index in [4.69, 9.17) is 4.74 Å². The molecule has 9 atom stereocenters. The molecule has 4 saturated carbocycles. The van der Waals surface area contributed by atoms with Crippen LogP contribution in [0.3, 0.4) is 0 Å². The molecule has 4 aliphatic carbocycles. The molecule has 0 radical (unpaired) electrons. The van der Waals surface area contributed by atoms with Gasteiger partial charge in [0.2, 0.25) is 0 Å². The molecule has 0 aromatic rings. The molecule has 4 aliphatic rings. The molecule has 12 heteroatoms. The highest BCUT2D eigenvalue weighted by Crippen LogP contribution is 2.65. The predicted octanol–water partition coefficient (Wildman–Crippen LogP) is 4.79. The third-order valence-corrected chi connectivity index (χ3v) is 12.2. The fourth-order valence-corrected chi connectivity index (χ4v) is 9.24. The van der Waals surface area contributed by atoms with Crippen LogP contribution in [0.5, 0.6) is 0 Å². The normalized spacial score (nSPS) is 37.4. The van der Waals surface area contributed by atoms with E-state index in [1.54, 1.807) is 0 Å². The number of rotatable bonds is 9. The van der Waals surface area contributed by atoms with Crippen molar-refractivity contribution in [2.75, 3.05) is 6.61 Å². The van der Waals surface area contributed by atoms with E-state index in [0.717, 1.165) is 19.3 Å². The van der Waals surface area contributed by atoms with Crippen molar-refractivity contribution in [2.45, 2.75) is 103 Å². The van der Waals surface area contributed by atoms with Gasteiger partial charge in [0.1, 0.15) is 17.3 Å². The first-order chi connectivity index (χ1) is 18.9. The third-order valence-electron chi connectivity index (χ3n) is 11.3. The fourth-order valence-electron chi connectivity index (χ4n) is 8.81. The number of Topliss-reactive ketones (excluding diaryl/α,β-unsaturated/α-hetero) is 3. The lowest BCUT2D eigenvalue weighted by molar-refractivity contribution is -0.177. The van der Waals surface area contributed by atoms with Gasteiger partial charge >= 0.3 is 11.2 Å². The van der Waals surface area contributed by atoms with Crippen LogP contribution in [0.4, 0.5) is 13.2 Å². The number of carbonyl (C=O) groups is 4. The van der Waals surface area contributed by atoms with E-state index >= 15 is 0 Å². The minimum atomic E-state index is -6.19. The van der Waals surface area contributed by atoms with Gasteiger partial charge in [-0.25, -0.2) is 12.8 Å². The van der Waals surface area contributed by atoms with E-state index < -0.39 is 46.0 Å². The molecular weight excluding hydrogens is 565 g/mol. The Morgan fingerprint density at radius 2 is 1.78 bits per heavy atom. The Morgan fingerprint density at radius 1 is 1.10 bits per heavy atom. The summed E-state index contributed by atoms with van der Waals surface area (Å²) in [6.45, 7) is 5.25. The Balaban J connectivity index is 1.39. The van der Waals surface area contributed by atoms with Gasteiger partial charge in [0, 0.05) is 49.9 Å². The van der Waals surface area contributed by atoms with Crippen molar-refractivity contribution < 1.29 is 50.1 Å². The Morgan fingerprint density at radius 3 is 2.44 bits per heavy atom. The zero-order valence-corrected chi connectivity index (χ0v) is 24.7. The van der Waals surface area contributed by atoms with Crippen molar-refractivity contribution in [1.29, 1.82) is 0 Å². The third kappa shape index (κ3) is 5.63. The molecule has 0 heterocycles. The van der Waals surface area contributed by atoms with E-state index in [2.05, 4.69) is 6.92 Å². The van der Waals surface area contributed by atoms with Gasteiger partial charge < -0.3 is 9.29 Å². The van der Waals surface area contributed by atoms with Crippen LogP contribution in [0, 0.1) is 46.3 Å². The van der Waals surface area contributed by atoms with Gasteiger partial charge in [0.05, 0.1) is 6.61 Å². The molecule has 0 saturated heterocycles. The SMILES string of the molecule is CC(CCC(=O)OCCC(F)C(F)(F)S(=O)(=O)[O-])C1CCCC2C3C(=O)CC4CC(=O)CCC4(C)C3CC(=O)C12C. The standard InChI is InChI=1S/C29H41F3O8S/c1-16(7-8-25(36)40-12-10-23(30)29(31,32)41(37,38)39)19-5-4-6-20-26-21(15-24(35)28(19,20)3)27(2)11-9-18(33)13-17(27)14-22(26)34/h16-17,19-21,23,26H,4-15H2,1-3H3,(H,37,38,39)/p-1. The zero-order valence-electron chi connectivity index (χ0n) is 23.8. The number of halogens is 3. The molecule has 9 unspecified atom stereocenters. The van der Waals surface area contributed by atoms with Crippen molar-refractivity contribution >= 4 is 33.4 Å². The second-order valence-electron chi connectivity index (χ2n) is 13.3. The van der Waals surface area contributed by atoms with Crippen LogP contribution in [-0.4, -0.2) is 54.3 Å². The van der Waals surface area contributed by atoms with Gasteiger partial charge in [-0.05, 0) is 60.7 Å². The largest absolute Gasteiger partial charge is 0.743 e. The van der Waals surface area contributed by atoms with Crippen LogP contribution in [0.25, 0.3) is 0 Å². The maximum atomic E-state index is 14.0. The van der Waals surface area contributed by atoms with Crippen LogP contribution in [0.1, 0.15) is 91.4 Å². The molecule has 0 N–H and O–H groups in total. The second kappa shape index (κ2) is 11.4. The molecule has 0 aromatic carbocycles. The van der Waals surface area contributed by atoms with Crippen LogP contribution in [0.15, 0.2) is 0 Å². The molecule has 4 rings (SSSR count). The summed E-state index contributed by atoms with van der Waals surface area (Å²) < 4.78 is 76.6. The van der Waals surface area contributed by atoms with Crippen molar-refractivity contribution in [3.8, 4) is 0 Å². The van der Waals surface area contributed by atoms with Gasteiger partial charge in [-0.3, -0.25) is 19.2 Å². The molecule has 0 spiro atoms. The minimum Gasteiger partial charge on any atom is -0.743 e. The summed E-state index contributed by atoms with van der Waals surface area (Å²) in [7, 11) is -6.19. The van der Waals surface area contributed by atoms with Crippen LogP contribution in [-0.2, 0) is 34.0 Å². The average Bonchev–Trinajstić information content (AvgIpc) is 2.88. The summed E-state index contributed by atoms with van der Waals surface area (Å²) in [6.07, 6.45) is 0.437. The van der Waals surface area contributed by atoms with Crippen LogP contribution >= 0.6 is 0 Å². The molecule has 41 heavy (non-hydrogen) atoms. The van der Waals surface area contributed by atoms with Gasteiger partial charge in [-0.2, -0.15) is 8.78 Å². The molecule has 0 bridgehead atoms. The molecular formula is C29H40F3O8S-. The number of carbonyl (C=O) groups excluding carboxylic acids is 4. The topological polar surface area (TPSA) is 135 Å². The van der Waals surface area contributed by atoms with Crippen molar-refractivity contribution in [3.63, 3.8) is 0 Å². The van der Waals surface area contributed by atoms with Gasteiger partial charge in [0.15, 0.2) is 16.3 Å². The number of esters is 1. The number of alkyl halides is 3. The maximum Gasteiger partial charge on any atom is 0.364 e. The minimum absolute atomic E-state index is 0.0115. The lowest BCUT2D eigenvalue weighted by Crippen LogP contribution is -2.62. The summed E-state index contributed by atoms with van der Waals surface area (Å²) in [5.41, 5.74) is -0.949. The fraction of sp³-hybridized carbons (Fsp3) is 0.862. The van der Waals surface area contributed by atoms with E-state index in [1.807, 2.05) is 13.8 Å². The summed E-state index contributed by atoms with van der Waals surface area (Å²) in [5, 5.41) is -5.11. The number of hydrogen-bond donors (Lipinski definition) is 0. The Bertz CT molecular complexity index is 1190. The Labute approximate surface area is 239 Å². The van der Waals surface area contributed by atoms with Gasteiger partial charge in [-0.1, -0.05) is 27.2 Å². The van der Waals surface area contributed by atoms with E-state index in [9.17, 15) is 45.3 Å². The first kappa shape index (κ1) is 32.1. The molecule has 0 aliphatic heterocycles. The van der Waals surface area contributed by atoms with Gasteiger partial charge in [0.25, 0.3) is 0 Å². The van der Waals surface area contributed by atoms with Crippen molar-refractivity contribution in [3.05, 3.63) is 0 Å². The summed E-state index contributed by atoms with van der Waals surface area (Å²) >= 11 is 0. The zero-order chi connectivity index (χ0) is 30.5. The number of ether oxygens (including phenoxy) is 1. The number of fused-ring (bicyclic) bond motifs is 5. The smallest absolute Gasteiger partial charge is 0.364 e. The molecule has 0 aromatic heterocycles. The van der Waals surface area contributed by atoms with E-state index in [0.29, 0.717) is 38.5 Å². The number of ketones is 3. The van der Waals surface area contributed by atoms with Crippen LogP contribution in [0.2, 0.25) is 0 Å². The van der Waals surface area contributed by atoms with Crippen molar-refractivity contribution in [2.24, 2.45) is 46.3 Å². The van der Waals surface area contributed by atoms with Crippen LogP contribution < -0.4 is 0 Å². The first-order valence-electron chi connectivity index (χ1n) is 14.6. The molecule has 0 amide bonds. The Hall–Kier alpha value is -1.82. The quantitative estimate of drug-likeness (QED) is 0.271. The highest BCUT2D eigenvalue weighted by molar-refractivity contribution is 7.86. The second-order valence-corrected chi connectivity index (χ2v) is 14.8. The Kier molecular flexibility index (Phi) is 8.89. The molecule has 8 nitrogen and oxygen atoms in total. The molecule has 4 fully saturated rings. The summed E-state index contributed by atoms with van der Waals surface area (Å²) in [5.74, 6) is -0.887.